The van der Waals surface area contributed by atoms with Crippen LogP contribution >= 0.6 is 0 Å². The van der Waals surface area contributed by atoms with Crippen molar-refractivity contribution in [1.29, 1.82) is 0 Å². The molecular formula is C18H23N5. The molecule has 3 rings (SSSR count). The monoisotopic (exact) mass is 309 g/mol. The maximum atomic E-state index is 4.53. The summed E-state index contributed by atoms with van der Waals surface area (Å²) in [6, 6.07) is 8.77. The van der Waals surface area contributed by atoms with Crippen LogP contribution in [0.3, 0.4) is 0 Å². The van der Waals surface area contributed by atoms with Crippen LogP contribution in [0.2, 0.25) is 0 Å². The van der Waals surface area contributed by atoms with E-state index in [0.29, 0.717) is 6.04 Å². The van der Waals surface area contributed by atoms with Gasteiger partial charge in [0.05, 0.1) is 17.4 Å². The molecule has 2 heterocycles. The van der Waals surface area contributed by atoms with E-state index >= 15 is 0 Å². The SMILES string of the molecule is CCc1nc(C)cc(NCc2ccc3ncn(C(C)C)c3c2)n1. The molecule has 5 heteroatoms. The number of imidazole rings is 1. The number of aromatic nitrogens is 4. The number of anilines is 1. The molecule has 0 aliphatic rings. The molecule has 0 fully saturated rings. The minimum atomic E-state index is 0.403. The van der Waals surface area contributed by atoms with Gasteiger partial charge in [0.2, 0.25) is 0 Å². The van der Waals surface area contributed by atoms with Crippen LogP contribution in [0.15, 0.2) is 30.6 Å². The quantitative estimate of drug-likeness (QED) is 0.777. The first-order valence-electron chi connectivity index (χ1n) is 8.10. The molecule has 0 bridgehead atoms. The van der Waals surface area contributed by atoms with Crippen molar-refractivity contribution in [1.82, 2.24) is 19.5 Å². The zero-order valence-electron chi connectivity index (χ0n) is 14.2. The average molecular weight is 309 g/mol. The van der Waals surface area contributed by atoms with E-state index in [1.165, 1.54) is 11.1 Å². The second kappa shape index (κ2) is 6.36. The highest BCUT2D eigenvalue weighted by Crippen LogP contribution is 2.19. The van der Waals surface area contributed by atoms with Gasteiger partial charge in [0.1, 0.15) is 11.6 Å². The molecule has 0 spiro atoms. The fraction of sp³-hybridized carbons (Fsp3) is 0.389. The first kappa shape index (κ1) is 15.5. The first-order chi connectivity index (χ1) is 11.1. The molecule has 2 aromatic heterocycles. The maximum Gasteiger partial charge on any atom is 0.130 e. The Kier molecular flexibility index (Phi) is 4.28. The molecule has 1 N–H and O–H groups in total. The Bertz CT molecular complexity index is 819. The lowest BCUT2D eigenvalue weighted by atomic mass is 10.2. The molecule has 0 radical (unpaired) electrons. The van der Waals surface area contributed by atoms with E-state index in [1.54, 1.807) is 0 Å². The summed E-state index contributed by atoms with van der Waals surface area (Å²) in [7, 11) is 0. The van der Waals surface area contributed by atoms with Crippen LogP contribution in [0.5, 0.6) is 0 Å². The van der Waals surface area contributed by atoms with Crippen LogP contribution in [0.1, 0.15) is 43.9 Å². The fourth-order valence-corrected chi connectivity index (χ4v) is 2.66. The zero-order valence-corrected chi connectivity index (χ0v) is 14.2. The standard InChI is InChI=1S/C18H23N5/c1-5-17-21-13(4)8-18(22-17)19-10-14-6-7-15-16(9-14)23(11-20-15)12(2)3/h6-9,11-12H,5,10H2,1-4H3,(H,19,21,22). The smallest absolute Gasteiger partial charge is 0.130 e. The largest absolute Gasteiger partial charge is 0.366 e. The Morgan fingerprint density at radius 3 is 2.74 bits per heavy atom. The number of fused-ring (bicyclic) bond motifs is 1. The predicted molar refractivity (Wildman–Crippen MR) is 93.6 cm³/mol. The highest BCUT2D eigenvalue weighted by molar-refractivity contribution is 5.76. The van der Waals surface area contributed by atoms with Crippen molar-refractivity contribution in [3.05, 3.63) is 47.7 Å². The summed E-state index contributed by atoms with van der Waals surface area (Å²) in [5, 5.41) is 3.40. The van der Waals surface area contributed by atoms with Crippen molar-refractivity contribution in [2.75, 3.05) is 5.32 Å². The Balaban J connectivity index is 1.81. The van der Waals surface area contributed by atoms with Crippen molar-refractivity contribution in [3.63, 3.8) is 0 Å². The fourth-order valence-electron chi connectivity index (χ4n) is 2.66. The number of hydrogen-bond acceptors (Lipinski definition) is 4. The molecule has 0 amide bonds. The van der Waals surface area contributed by atoms with Crippen molar-refractivity contribution in [3.8, 4) is 0 Å². The number of nitrogens with one attached hydrogen (secondary N) is 1. The van der Waals surface area contributed by atoms with E-state index in [2.05, 4.69) is 63.8 Å². The highest BCUT2D eigenvalue weighted by atomic mass is 15.1. The molecule has 0 saturated heterocycles. The predicted octanol–water partition coefficient (Wildman–Crippen LogP) is 3.89. The normalized spacial score (nSPS) is 11.3. The lowest BCUT2D eigenvalue weighted by Crippen LogP contribution is -2.05. The molecule has 0 aliphatic carbocycles. The van der Waals surface area contributed by atoms with E-state index in [0.717, 1.165) is 35.8 Å². The minimum Gasteiger partial charge on any atom is -0.366 e. The maximum absolute atomic E-state index is 4.53. The molecule has 1 aromatic carbocycles. The lowest BCUT2D eigenvalue weighted by Gasteiger charge is -2.10. The molecule has 120 valence electrons. The van der Waals surface area contributed by atoms with Crippen LogP contribution in [0.4, 0.5) is 5.82 Å². The second-order valence-electron chi connectivity index (χ2n) is 6.09. The van der Waals surface area contributed by atoms with Gasteiger partial charge in [-0.3, -0.25) is 0 Å². The van der Waals surface area contributed by atoms with Crippen molar-refractivity contribution < 1.29 is 0 Å². The Morgan fingerprint density at radius 1 is 1.17 bits per heavy atom. The third kappa shape index (κ3) is 3.33. The van der Waals surface area contributed by atoms with Crippen molar-refractivity contribution >= 4 is 16.9 Å². The van der Waals surface area contributed by atoms with E-state index in [-0.39, 0.29) is 0 Å². The molecular weight excluding hydrogens is 286 g/mol. The number of benzene rings is 1. The van der Waals surface area contributed by atoms with Crippen molar-refractivity contribution in [2.45, 2.75) is 46.7 Å². The van der Waals surface area contributed by atoms with E-state index in [1.807, 2.05) is 19.3 Å². The van der Waals surface area contributed by atoms with Gasteiger partial charge in [0.25, 0.3) is 0 Å². The first-order valence-corrected chi connectivity index (χ1v) is 8.10. The van der Waals surface area contributed by atoms with Crippen LogP contribution in [-0.2, 0) is 13.0 Å². The van der Waals surface area contributed by atoms with Gasteiger partial charge in [-0.05, 0) is 38.5 Å². The van der Waals surface area contributed by atoms with E-state index in [4.69, 9.17) is 0 Å². The third-order valence-electron chi connectivity index (χ3n) is 3.89. The molecule has 0 atom stereocenters. The summed E-state index contributed by atoms with van der Waals surface area (Å²) in [5.74, 6) is 1.76. The molecule has 23 heavy (non-hydrogen) atoms. The van der Waals surface area contributed by atoms with Gasteiger partial charge >= 0.3 is 0 Å². The highest BCUT2D eigenvalue weighted by Gasteiger charge is 2.07. The van der Waals surface area contributed by atoms with Crippen LogP contribution in [-0.4, -0.2) is 19.5 Å². The molecule has 0 unspecified atom stereocenters. The summed E-state index contributed by atoms with van der Waals surface area (Å²) in [5.41, 5.74) is 4.42. The van der Waals surface area contributed by atoms with Crippen LogP contribution in [0.25, 0.3) is 11.0 Å². The molecule has 5 nitrogen and oxygen atoms in total. The summed E-state index contributed by atoms with van der Waals surface area (Å²) in [6.07, 6.45) is 2.75. The summed E-state index contributed by atoms with van der Waals surface area (Å²) >= 11 is 0. The van der Waals surface area contributed by atoms with Gasteiger partial charge in [-0.1, -0.05) is 13.0 Å². The lowest BCUT2D eigenvalue weighted by molar-refractivity contribution is 0.617. The summed E-state index contributed by atoms with van der Waals surface area (Å²) in [4.78, 5) is 13.4. The number of rotatable bonds is 5. The number of aryl methyl sites for hydroxylation is 2. The summed E-state index contributed by atoms with van der Waals surface area (Å²) in [6.45, 7) is 9.14. The topological polar surface area (TPSA) is 55.6 Å². The second-order valence-corrected chi connectivity index (χ2v) is 6.09. The molecule has 0 aliphatic heterocycles. The van der Waals surface area contributed by atoms with Gasteiger partial charge in [0.15, 0.2) is 0 Å². The molecule has 0 saturated carbocycles. The van der Waals surface area contributed by atoms with Gasteiger partial charge < -0.3 is 9.88 Å². The third-order valence-corrected chi connectivity index (χ3v) is 3.89. The van der Waals surface area contributed by atoms with Gasteiger partial charge in [-0.2, -0.15) is 0 Å². The number of hydrogen-bond donors (Lipinski definition) is 1. The van der Waals surface area contributed by atoms with Gasteiger partial charge in [0, 0.05) is 30.8 Å². The number of nitrogens with zero attached hydrogens (tertiary/aromatic N) is 4. The zero-order chi connectivity index (χ0) is 16.4. The Hall–Kier alpha value is -2.43. The van der Waals surface area contributed by atoms with E-state index in [9.17, 15) is 0 Å². The Labute approximate surface area is 136 Å². The van der Waals surface area contributed by atoms with Gasteiger partial charge in [-0.15, -0.1) is 0 Å². The average Bonchev–Trinajstić information content (AvgIpc) is 2.95. The van der Waals surface area contributed by atoms with Crippen molar-refractivity contribution in [2.24, 2.45) is 0 Å². The van der Waals surface area contributed by atoms with Crippen LogP contribution < -0.4 is 5.32 Å². The Morgan fingerprint density at radius 2 is 2.00 bits per heavy atom. The summed E-state index contributed by atoms with van der Waals surface area (Å²) < 4.78 is 2.20. The van der Waals surface area contributed by atoms with Crippen LogP contribution in [0, 0.1) is 6.92 Å². The van der Waals surface area contributed by atoms with Gasteiger partial charge in [-0.25, -0.2) is 15.0 Å². The molecule has 3 aromatic rings. The van der Waals surface area contributed by atoms with E-state index < -0.39 is 0 Å². The minimum absolute atomic E-state index is 0.403.